The van der Waals surface area contributed by atoms with Gasteiger partial charge < -0.3 is 15.4 Å². The van der Waals surface area contributed by atoms with Gasteiger partial charge in [-0.25, -0.2) is 0 Å². The maximum atomic E-state index is 12.5. The molecule has 0 radical (unpaired) electrons. The molecule has 0 aliphatic rings. The number of hydrogen-bond acceptors (Lipinski definition) is 4. The van der Waals surface area contributed by atoms with Crippen LogP contribution >= 0.6 is 0 Å². The normalized spacial score (nSPS) is 10.2. The highest BCUT2D eigenvalue weighted by Crippen LogP contribution is 2.23. The number of hydrogen-bond donors (Lipinski definition) is 2. The third-order valence-corrected chi connectivity index (χ3v) is 3.93. The Balaban J connectivity index is 1.69. The highest BCUT2D eigenvalue weighted by molar-refractivity contribution is 6.04. The lowest BCUT2D eigenvalue weighted by molar-refractivity contribution is 0.102. The van der Waals surface area contributed by atoms with Gasteiger partial charge >= 0.3 is 0 Å². The number of rotatable bonds is 6. The van der Waals surface area contributed by atoms with Crippen molar-refractivity contribution in [2.24, 2.45) is 0 Å². The number of nitrogens with one attached hydrogen (secondary N) is 2. The van der Waals surface area contributed by atoms with Gasteiger partial charge in [-0.1, -0.05) is 42.0 Å². The van der Waals surface area contributed by atoms with E-state index in [1.165, 1.54) is 11.1 Å². The standard InChI is InChI=1S/C21H21N3O2/c1-15-6-5-7-16(12-15)14-23-17-10-11-22-19(13-17)21(25)24-18-8-3-4-9-20(18)26-2/h3-13H,14H2,1-2H3,(H,22,23)(H,24,25). The summed E-state index contributed by atoms with van der Waals surface area (Å²) < 4.78 is 5.26. The summed E-state index contributed by atoms with van der Waals surface area (Å²) in [6, 6.07) is 19.1. The Morgan fingerprint density at radius 1 is 1.08 bits per heavy atom. The van der Waals surface area contributed by atoms with Gasteiger partial charge in [0, 0.05) is 18.4 Å². The number of methoxy groups -OCH3 is 1. The summed E-state index contributed by atoms with van der Waals surface area (Å²) in [5, 5.41) is 6.16. The molecule has 0 aliphatic carbocycles. The molecule has 5 nitrogen and oxygen atoms in total. The predicted molar refractivity (Wildman–Crippen MR) is 104 cm³/mol. The zero-order valence-electron chi connectivity index (χ0n) is 14.8. The van der Waals surface area contributed by atoms with Crippen LogP contribution in [0, 0.1) is 6.92 Å². The molecular weight excluding hydrogens is 326 g/mol. The first kappa shape index (κ1) is 17.5. The summed E-state index contributed by atoms with van der Waals surface area (Å²) in [7, 11) is 1.57. The monoisotopic (exact) mass is 347 g/mol. The average molecular weight is 347 g/mol. The number of ether oxygens (including phenoxy) is 1. The summed E-state index contributed by atoms with van der Waals surface area (Å²) in [5.74, 6) is 0.322. The summed E-state index contributed by atoms with van der Waals surface area (Å²) in [6.07, 6.45) is 1.62. The summed E-state index contributed by atoms with van der Waals surface area (Å²) >= 11 is 0. The lowest BCUT2D eigenvalue weighted by Crippen LogP contribution is -2.14. The maximum Gasteiger partial charge on any atom is 0.274 e. The van der Waals surface area contributed by atoms with Gasteiger partial charge in [0.15, 0.2) is 0 Å². The third kappa shape index (κ3) is 4.39. The van der Waals surface area contributed by atoms with E-state index in [9.17, 15) is 4.79 Å². The number of carbonyl (C=O) groups excluding carboxylic acids is 1. The fourth-order valence-corrected chi connectivity index (χ4v) is 2.63. The Morgan fingerprint density at radius 2 is 1.92 bits per heavy atom. The molecule has 2 N–H and O–H groups in total. The van der Waals surface area contributed by atoms with Gasteiger partial charge in [0.25, 0.3) is 5.91 Å². The minimum Gasteiger partial charge on any atom is -0.495 e. The van der Waals surface area contributed by atoms with Crippen LogP contribution in [0.2, 0.25) is 0 Å². The molecule has 0 saturated carbocycles. The molecule has 5 heteroatoms. The molecule has 0 saturated heterocycles. The zero-order valence-corrected chi connectivity index (χ0v) is 14.8. The molecule has 3 aromatic rings. The van der Waals surface area contributed by atoms with Crippen molar-refractivity contribution < 1.29 is 9.53 Å². The van der Waals surface area contributed by atoms with Gasteiger partial charge in [-0.2, -0.15) is 0 Å². The smallest absolute Gasteiger partial charge is 0.274 e. The Morgan fingerprint density at radius 3 is 2.73 bits per heavy atom. The van der Waals surface area contributed by atoms with Crippen LogP contribution in [0.4, 0.5) is 11.4 Å². The van der Waals surface area contributed by atoms with Crippen molar-refractivity contribution in [2.45, 2.75) is 13.5 Å². The van der Waals surface area contributed by atoms with Crippen molar-refractivity contribution in [1.82, 2.24) is 4.98 Å². The fraction of sp³-hybridized carbons (Fsp3) is 0.143. The van der Waals surface area contributed by atoms with E-state index in [2.05, 4.69) is 40.7 Å². The van der Waals surface area contributed by atoms with Crippen LogP contribution in [-0.2, 0) is 6.54 Å². The molecule has 132 valence electrons. The zero-order chi connectivity index (χ0) is 18.4. The van der Waals surface area contributed by atoms with Crippen LogP contribution in [0.3, 0.4) is 0 Å². The van der Waals surface area contributed by atoms with Crippen LogP contribution in [0.25, 0.3) is 0 Å². The Hall–Kier alpha value is -3.34. The third-order valence-electron chi connectivity index (χ3n) is 3.93. The van der Waals surface area contributed by atoms with Crippen LogP contribution in [0.1, 0.15) is 21.6 Å². The molecule has 26 heavy (non-hydrogen) atoms. The number of aromatic nitrogens is 1. The molecule has 1 amide bonds. The first-order valence-electron chi connectivity index (χ1n) is 8.35. The van der Waals surface area contributed by atoms with Crippen molar-refractivity contribution in [2.75, 3.05) is 17.7 Å². The summed E-state index contributed by atoms with van der Waals surface area (Å²) in [4.78, 5) is 16.7. The molecule has 1 aromatic heterocycles. The first-order chi connectivity index (χ1) is 12.7. The number of benzene rings is 2. The first-order valence-corrected chi connectivity index (χ1v) is 8.35. The number of aryl methyl sites for hydroxylation is 1. The van der Waals surface area contributed by atoms with Crippen molar-refractivity contribution in [3.05, 3.63) is 83.7 Å². The van der Waals surface area contributed by atoms with Gasteiger partial charge in [-0.15, -0.1) is 0 Å². The van der Waals surface area contributed by atoms with Crippen LogP contribution in [0.15, 0.2) is 66.9 Å². The van der Waals surface area contributed by atoms with Crippen molar-refractivity contribution in [3.8, 4) is 5.75 Å². The minimum atomic E-state index is -0.284. The molecule has 1 heterocycles. The van der Waals surface area contributed by atoms with E-state index in [-0.39, 0.29) is 5.91 Å². The molecule has 0 aliphatic heterocycles. The van der Waals surface area contributed by atoms with Gasteiger partial charge in [-0.05, 0) is 36.8 Å². The number of amides is 1. The lowest BCUT2D eigenvalue weighted by atomic mass is 10.1. The van der Waals surface area contributed by atoms with E-state index in [0.29, 0.717) is 23.7 Å². The fourth-order valence-electron chi connectivity index (χ4n) is 2.63. The van der Waals surface area contributed by atoms with Crippen molar-refractivity contribution in [1.29, 1.82) is 0 Å². The van der Waals surface area contributed by atoms with Gasteiger partial charge in [0.1, 0.15) is 11.4 Å². The van der Waals surface area contributed by atoms with Crippen LogP contribution in [-0.4, -0.2) is 18.0 Å². The Labute approximate surface area is 153 Å². The van der Waals surface area contributed by atoms with Crippen LogP contribution in [0.5, 0.6) is 5.75 Å². The second-order valence-corrected chi connectivity index (χ2v) is 5.93. The maximum absolute atomic E-state index is 12.5. The van der Waals surface area contributed by atoms with E-state index in [4.69, 9.17) is 4.74 Å². The Kier molecular flexibility index (Phi) is 5.49. The molecule has 0 atom stereocenters. The largest absolute Gasteiger partial charge is 0.495 e. The molecular formula is C21H21N3O2. The number of anilines is 2. The van der Waals surface area contributed by atoms with E-state index in [1.54, 1.807) is 31.5 Å². The van der Waals surface area contributed by atoms with Crippen molar-refractivity contribution in [3.63, 3.8) is 0 Å². The second-order valence-electron chi connectivity index (χ2n) is 5.93. The number of para-hydroxylation sites is 2. The molecule has 0 unspecified atom stereocenters. The number of pyridine rings is 1. The number of nitrogens with zero attached hydrogens (tertiary/aromatic N) is 1. The second kappa shape index (κ2) is 8.16. The topological polar surface area (TPSA) is 63.2 Å². The highest BCUT2D eigenvalue weighted by Gasteiger charge is 2.11. The number of carbonyl (C=O) groups is 1. The summed E-state index contributed by atoms with van der Waals surface area (Å²) in [6.45, 7) is 2.75. The summed E-state index contributed by atoms with van der Waals surface area (Å²) in [5.41, 5.74) is 4.19. The van der Waals surface area contributed by atoms with E-state index < -0.39 is 0 Å². The SMILES string of the molecule is COc1ccccc1NC(=O)c1cc(NCc2cccc(C)c2)ccn1. The highest BCUT2D eigenvalue weighted by atomic mass is 16.5. The van der Waals surface area contributed by atoms with Crippen LogP contribution < -0.4 is 15.4 Å². The minimum absolute atomic E-state index is 0.284. The molecule has 3 rings (SSSR count). The molecule has 2 aromatic carbocycles. The van der Waals surface area contributed by atoms with Crippen molar-refractivity contribution >= 4 is 17.3 Å². The van der Waals surface area contributed by atoms with E-state index in [0.717, 1.165) is 5.69 Å². The average Bonchev–Trinajstić information content (AvgIpc) is 2.67. The molecule has 0 spiro atoms. The Bertz CT molecular complexity index is 909. The molecule has 0 fully saturated rings. The van der Waals surface area contributed by atoms with Gasteiger partial charge in [0.05, 0.1) is 12.8 Å². The van der Waals surface area contributed by atoms with E-state index in [1.807, 2.05) is 24.3 Å². The molecule has 0 bridgehead atoms. The van der Waals surface area contributed by atoms with Gasteiger partial charge in [-0.3, -0.25) is 9.78 Å². The lowest BCUT2D eigenvalue weighted by Gasteiger charge is -2.11. The predicted octanol–water partition coefficient (Wildman–Crippen LogP) is 4.26. The quantitative estimate of drug-likeness (QED) is 0.699. The van der Waals surface area contributed by atoms with Gasteiger partial charge in [0.2, 0.25) is 0 Å². The van der Waals surface area contributed by atoms with E-state index >= 15 is 0 Å².